The first kappa shape index (κ1) is 15.6. The van der Waals surface area contributed by atoms with Gasteiger partial charge in [0.25, 0.3) is 5.91 Å². The normalized spacial score (nSPS) is 17.6. The highest BCUT2D eigenvalue weighted by atomic mass is 16.5. The Balaban J connectivity index is 1.64. The third kappa shape index (κ3) is 2.83. The number of carbonyl (C=O) groups is 1. The summed E-state index contributed by atoms with van der Waals surface area (Å²) in [5.74, 6) is 1.25. The van der Waals surface area contributed by atoms with E-state index in [-0.39, 0.29) is 18.6 Å². The van der Waals surface area contributed by atoms with E-state index >= 15 is 0 Å². The average molecular weight is 356 g/mol. The molecular weight excluding hydrogens is 340 g/mol. The highest BCUT2D eigenvalue weighted by Crippen LogP contribution is 2.40. The second kappa shape index (κ2) is 6.29. The third-order valence-electron chi connectivity index (χ3n) is 4.61. The molecule has 2 aliphatic heterocycles. The second-order valence-electron chi connectivity index (χ2n) is 6.42. The maximum atomic E-state index is 11.7. The summed E-state index contributed by atoms with van der Waals surface area (Å²) in [6.45, 7) is 0.0381. The molecule has 3 aromatic carbocycles. The number of carbonyl (C=O) groups excluding carboxylic acids is 1. The fourth-order valence-electron chi connectivity index (χ4n) is 3.33. The molecule has 0 saturated heterocycles. The molecule has 5 heteroatoms. The van der Waals surface area contributed by atoms with Crippen LogP contribution < -0.4 is 14.8 Å². The van der Waals surface area contributed by atoms with E-state index in [1.54, 1.807) is 0 Å². The molecule has 1 N–H and O–H groups in total. The topological polar surface area (TPSA) is 59.9 Å². The Kier molecular flexibility index (Phi) is 3.64. The molecule has 0 aliphatic carbocycles. The van der Waals surface area contributed by atoms with Gasteiger partial charge in [-0.3, -0.25) is 4.79 Å². The molecule has 5 rings (SSSR count). The second-order valence-corrected chi connectivity index (χ2v) is 6.42. The van der Waals surface area contributed by atoms with E-state index in [4.69, 9.17) is 14.5 Å². The molecule has 3 aromatic rings. The maximum absolute atomic E-state index is 11.7. The molecule has 1 amide bonds. The molecule has 1 atom stereocenters. The lowest BCUT2D eigenvalue weighted by Crippen LogP contribution is -2.26. The smallest absolute Gasteiger partial charge is 0.262 e. The van der Waals surface area contributed by atoms with Gasteiger partial charge in [-0.2, -0.15) is 0 Å². The van der Waals surface area contributed by atoms with Crippen molar-refractivity contribution < 1.29 is 14.3 Å². The van der Waals surface area contributed by atoms with Gasteiger partial charge in [0, 0.05) is 5.56 Å². The zero-order valence-corrected chi connectivity index (χ0v) is 14.4. The standard InChI is InChI=1S/C22H16N2O3/c25-20-13-26-18-11-10-15(12-17(18)23-20)21-22(14-6-2-1-3-7-14)27-19-9-5-4-8-16(19)24-21/h1-12,22H,13H2,(H,23,25). The van der Waals surface area contributed by atoms with Crippen LogP contribution in [0.4, 0.5) is 11.4 Å². The van der Waals surface area contributed by atoms with Crippen LogP contribution in [0.1, 0.15) is 17.2 Å². The van der Waals surface area contributed by atoms with Crippen LogP contribution in [-0.4, -0.2) is 18.2 Å². The van der Waals surface area contributed by atoms with Crippen molar-refractivity contribution in [3.05, 3.63) is 83.9 Å². The van der Waals surface area contributed by atoms with Gasteiger partial charge < -0.3 is 14.8 Å². The summed E-state index contributed by atoms with van der Waals surface area (Å²) in [5, 5.41) is 2.85. The molecule has 132 valence electrons. The number of hydrogen-bond donors (Lipinski definition) is 1. The van der Waals surface area contributed by atoms with Crippen LogP contribution >= 0.6 is 0 Å². The van der Waals surface area contributed by atoms with Crippen molar-refractivity contribution in [1.29, 1.82) is 0 Å². The lowest BCUT2D eigenvalue weighted by molar-refractivity contribution is -0.118. The molecule has 0 bridgehead atoms. The van der Waals surface area contributed by atoms with Gasteiger partial charge in [-0.05, 0) is 35.9 Å². The van der Waals surface area contributed by atoms with E-state index in [9.17, 15) is 4.79 Å². The van der Waals surface area contributed by atoms with Crippen molar-refractivity contribution in [3.63, 3.8) is 0 Å². The number of nitrogens with one attached hydrogen (secondary N) is 1. The van der Waals surface area contributed by atoms with Crippen molar-refractivity contribution in [1.82, 2.24) is 0 Å². The number of hydrogen-bond acceptors (Lipinski definition) is 4. The Morgan fingerprint density at radius 3 is 2.63 bits per heavy atom. The number of anilines is 1. The van der Waals surface area contributed by atoms with E-state index in [0.717, 1.165) is 28.3 Å². The summed E-state index contributed by atoms with van der Waals surface area (Å²) in [5.41, 5.74) is 4.13. The van der Waals surface area contributed by atoms with Gasteiger partial charge in [-0.25, -0.2) is 4.99 Å². The van der Waals surface area contributed by atoms with Crippen molar-refractivity contribution in [2.75, 3.05) is 11.9 Å². The summed E-state index contributed by atoms with van der Waals surface area (Å²) in [7, 11) is 0. The molecule has 0 aromatic heterocycles. The lowest BCUT2D eigenvalue weighted by Gasteiger charge is -2.27. The largest absolute Gasteiger partial charge is 0.482 e. The van der Waals surface area contributed by atoms with Gasteiger partial charge in [-0.15, -0.1) is 0 Å². The number of fused-ring (bicyclic) bond motifs is 2. The van der Waals surface area contributed by atoms with Crippen molar-refractivity contribution in [2.45, 2.75) is 6.10 Å². The molecule has 0 spiro atoms. The number of para-hydroxylation sites is 2. The lowest BCUT2D eigenvalue weighted by atomic mass is 9.96. The predicted octanol–water partition coefficient (Wildman–Crippen LogP) is 4.27. The zero-order chi connectivity index (χ0) is 18.2. The fourth-order valence-corrected chi connectivity index (χ4v) is 3.33. The molecule has 0 fully saturated rings. The number of rotatable bonds is 2. The Labute approximate surface area is 156 Å². The molecule has 2 aliphatic rings. The van der Waals surface area contributed by atoms with Gasteiger partial charge in [0.15, 0.2) is 12.7 Å². The monoisotopic (exact) mass is 356 g/mol. The number of aliphatic imine (C=N–C) groups is 1. The predicted molar refractivity (Wildman–Crippen MR) is 103 cm³/mol. The van der Waals surface area contributed by atoms with Gasteiger partial charge in [0.2, 0.25) is 0 Å². The number of nitrogens with zero attached hydrogens (tertiary/aromatic N) is 1. The molecule has 0 radical (unpaired) electrons. The van der Waals surface area contributed by atoms with E-state index < -0.39 is 0 Å². The number of ether oxygens (including phenoxy) is 2. The third-order valence-corrected chi connectivity index (χ3v) is 4.61. The Hall–Kier alpha value is -3.60. The van der Waals surface area contributed by atoms with E-state index in [2.05, 4.69) is 5.32 Å². The minimum atomic E-state index is -0.334. The summed E-state index contributed by atoms with van der Waals surface area (Å²) in [4.78, 5) is 16.6. The molecule has 2 heterocycles. The first-order chi connectivity index (χ1) is 13.3. The van der Waals surface area contributed by atoms with Crippen molar-refractivity contribution in [2.24, 2.45) is 4.99 Å². The summed E-state index contributed by atoms with van der Waals surface area (Å²) >= 11 is 0. The Morgan fingerprint density at radius 1 is 0.926 bits per heavy atom. The van der Waals surface area contributed by atoms with Gasteiger partial charge in [0.05, 0.1) is 11.4 Å². The Bertz CT molecular complexity index is 1060. The van der Waals surface area contributed by atoms with Crippen molar-refractivity contribution in [3.8, 4) is 11.5 Å². The van der Waals surface area contributed by atoms with E-state index in [1.165, 1.54) is 0 Å². The molecular formula is C22H16N2O3. The van der Waals surface area contributed by atoms with Crippen LogP contribution in [0.5, 0.6) is 11.5 Å². The quantitative estimate of drug-likeness (QED) is 0.746. The van der Waals surface area contributed by atoms with Crippen molar-refractivity contribution >= 4 is 23.0 Å². The molecule has 27 heavy (non-hydrogen) atoms. The molecule has 0 saturated carbocycles. The van der Waals surface area contributed by atoms with E-state index in [1.807, 2.05) is 72.8 Å². The summed E-state index contributed by atoms with van der Waals surface area (Å²) in [6, 6.07) is 23.4. The van der Waals surface area contributed by atoms with Crippen LogP contribution in [0.25, 0.3) is 0 Å². The zero-order valence-electron chi connectivity index (χ0n) is 14.4. The average Bonchev–Trinajstić information content (AvgIpc) is 2.73. The van der Waals surface area contributed by atoms with Crippen LogP contribution in [-0.2, 0) is 4.79 Å². The minimum absolute atomic E-state index is 0.0381. The fraction of sp³-hybridized carbons (Fsp3) is 0.0909. The summed E-state index contributed by atoms with van der Waals surface area (Å²) < 4.78 is 11.8. The highest BCUT2D eigenvalue weighted by Gasteiger charge is 2.28. The van der Waals surface area contributed by atoms with Crippen LogP contribution in [0.15, 0.2) is 77.8 Å². The maximum Gasteiger partial charge on any atom is 0.262 e. The van der Waals surface area contributed by atoms with Gasteiger partial charge in [-0.1, -0.05) is 42.5 Å². The minimum Gasteiger partial charge on any atom is -0.482 e. The number of amides is 1. The van der Waals surface area contributed by atoms with Crippen LogP contribution in [0.2, 0.25) is 0 Å². The SMILES string of the molecule is O=C1COc2ccc(C3=Nc4ccccc4OC3c3ccccc3)cc2N1. The van der Waals surface area contributed by atoms with E-state index in [0.29, 0.717) is 11.4 Å². The first-order valence-corrected chi connectivity index (χ1v) is 8.74. The molecule has 5 nitrogen and oxygen atoms in total. The van der Waals surface area contributed by atoms with Gasteiger partial charge in [0.1, 0.15) is 17.2 Å². The summed E-state index contributed by atoms with van der Waals surface area (Å²) in [6.07, 6.45) is -0.334. The number of benzene rings is 3. The Morgan fingerprint density at radius 2 is 1.74 bits per heavy atom. The van der Waals surface area contributed by atoms with Gasteiger partial charge >= 0.3 is 0 Å². The van der Waals surface area contributed by atoms with Crippen LogP contribution in [0, 0.1) is 0 Å². The highest BCUT2D eigenvalue weighted by molar-refractivity contribution is 6.08. The molecule has 1 unspecified atom stereocenters. The first-order valence-electron chi connectivity index (χ1n) is 8.74. The van der Waals surface area contributed by atoms with Crippen LogP contribution in [0.3, 0.4) is 0 Å².